The molecule has 0 aromatic carbocycles. The van der Waals surface area contributed by atoms with Crippen LogP contribution in [0.1, 0.15) is 0 Å². The van der Waals surface area contributed by atoms with Gasteiger partial charge in [-0.05, 0) is 0 Å². The van der Waals surface area contributed by atoms with E-state index in [1.54, 1.807) is 7.05 Å². The fourth-order valence-electron chi connectivity index (χ4n) is 0.299. The summed E-state index contributed by atoms with van der Waals surface area (Å²) in [4.78, 5) is 10.5. The van der Waals surface area contributed by atoms with Crippen molar-refractivity contribution in [1.82, 2.24) is 10.9 Å². The summed E-state index contributed by atoms with van der Waals surface area (Å²) < 4.78 is 0. The number of aliphatic hydroxyl groups excluding tert-OH is 1. The molecule has 0 aliphatic heterocycles. The summed E-state index contributed by atoms with van der Waals surface area (Å²) in [6.45, 7) is -0.340. The lowest BCUT2D eigenvalue weighted by molar-refractivity contribution is -0.123. The van der Waals surface area contributed by atoms with Crippen molar-refractivity contribution in [2.45, 2.75) is 6.04 Å². The minimum Gasteiger partial charge on any atom is -0.394 e. The molecule has 0 aromatic heterocycles. The fourth-order valence-corrected chi connectivity index (χ4v) is 0.299. The first-order valence-corrected chi connectivity index (χ1v) is 2.55. The third kappa shape index (κ3) is 3.02. The topological polar surface area (TPSA) is 87.4 Å². The highest BCUT2D eigenvalue weighted by molar-refractivity contribution is 5.80. The van der Waals surface area contributed by atoms with Gasteiger partial charge in [-0.3, -0.25) is 10.2 Å². The van der Waals surface area contributed by atoms with Crippen molar-refractivity contribution in [3.63, 3.8) is 0 Å². The molecule has 0 rings (SSSR count). The Hall–Kier alpha value is -0.650. The first-order valence-electron chi connectivity index (χ1n) is 2.55. The molecular formula is C4H11N3O2. The number of carbonyl (C=O) groups is 1. The van der Waals surface area contributed by atoms with Crippen molar-refractivity contribution in [3.05, 3.63) is 0 Å². The summed E-state index contributed by atoms with van der Waals surface area (Å²) in [5, 5.41) is 8.32. The monoisotopic (exact) mass is 133 g/mol. The van der Waals surface area contributed by atoms with Gasteiger partial charge in [0.05, 0.1) is 6.61 Å². The number of hydrogen-bond donors (Lipinski definition) is 4. The fraction of sp³-hybridized carbons (Fsp3) is 0.750. The Morgan fingerprint density at radius 3 is 2.78 bits per heavy atom. The zero-order chi connectivity index (χ0) is 7.28. The van der Waals surface area contributed by atoms with Gasteiger partial charge in [-0.15, -0.1) is 0 Å². The molecule has 0 heterocycles. The van der Waals surface area contributed by atoms with Gasteiger partial charge in [-0.1, -0.05) is 0 Å². The van der Waals surface area contributed by atoms with Crippen LogP contribution in [-0.2, 0) is 4.79 Å². The number of nitrogens with one attached hydrogen (secondary N) is 2. The van der Waals surface area contributed by atoms with Crippen molar-refractivity contribution >= 4 is 5.91 Å². The lowest BCUT2D eigenvalue weighted by Crippen LogP contribution is -2.47. The number of hydrogen-bond acceptors (Lipinski definition) is 4. The van der Waals surface area contributed by atoms with Crippen LogP contribution in [0.5, 0.6) is 0 Å². The molecule has 0 aromatic rings. The molecule has 54 valence electrons. The highest BCUT2D eigenvalue weighted by Crippen LogP contribution is 1.71. The highest BCUT2D eigenvalue weighted by Gasteiger charge is 2.09. The molecule has 5 nitrogen and oxygen atoms in total. The molecule has 0 spiro atoms. The van der Waals surface area contributed by atoms with Crippen molar-refractivity contribution < 1.29 is 9.90 Å². The van der Waals surface area contributed by atoms with Gasteiger partial charge in [0, 0.05) is 7.05 Å². The number of amides is 1. The van der Waals surface area contributed by atoms with Crippen LogP contribution in [0.3, 0.4) is 0 Å². The molecule has 0 unspecified atom stereocenters. The Kier molecular flexibility index (Phi) is 3.94. The lowest BCUT2D eigenvalue weighted by atomic mass is 10.3. The van der Waals surface area contributed by atoms with Crippen molar-refractivity contribution in [2.75, 3.05) is 13.7 Å². The van der Waals surface area contributed by atoms with Gasteiger partial charge in [0.15, 0.2) is 0 Å². The normalized spacial score (nSPS) is 12.8. The van der Waals surface area contributed by atoms with E-state index in [0.717, 1.165) is 0 Å². The standard InChI is InChI=1S/C4H11N3O2/c1-6-7-4(9)3(5)2-8/h3,6,8H,2,5H2,1H3,(H,7,9)/t3-/m0/s1. The average Bonchev–Trinajstić information content (AvgIpc) is 1.87. The molecular weight excluding hydrogens is 122 g/mol. The molecule has 0 aliphatic rings. The summed E-state index contributed by atoms with van der Waals surface area (Å²) in [6.07, 6.45) is 0. The maximum Gasteiger partial charge on any atom is 0.253 e. The molecule has 0 fully saturated rings. The summed E-state index contributed by atoms with van der Waals surface area (Å²) in [5.41, 5.74) is 9.71. The predicted molar refractivity (Wildman–Crippen MR) is 32.3 cm³/mol. The van der Waals surface area contributed by atoms with Gasteiger partial charge in [0.1, 0.15) is 6.04 Å². The third-order valence-electron chi connectivity index (χ3n) is 0.782. The van der Waals surface area contributed by atoms with E-state index in [-0.39, 0.29) is 6.61 Å². The van der Waals surface area contributed by atoms with E-state index in [0.29, 0.717) is 0 Å². The molecule has 0 saturated carbocycles. The van der Waals surface area contributed by atoms with E-state index in [1.807, 2.05) is 0 Å². The summed E-state index contributed by atoms with van der Waals surface area (Å²) in [7, 11) is 1.54. The Labute approximate surface area is 53.2 Å². The van der Waals surface area contributed by atoms with E-state index in [9.17, 15) is 4.79 Å². The average molecular weight is 133 g/mol. The van der Waals surface area contributed by atoms with Gasteiger partial charge in [-0.25, -0.2) is 5.43 Å². The number of nitrogens with two attached hydrogens (primary N) is 1. The lowest BCUT2D eigenvalue weighted by Gasteiger charge is -2.06. The first kappa shape index (κ1) is 8.35. The Balaban J connectivity index is 3.46. The number of rotatable bonds is 3. The van der Waals surface area contributed by atoms with Crippen LogP contribution >= 0.6 is 0 Å². The number of aliphatic hydroxyl groups is 1. The van der Waals surface area contributed by atoms with E-state index < -0.39 is 11.9 Å². The van der Waals surface area contributed by atoms with E-state index in [4.69, 9.17) is 10.8 Å². The van der Waals surface area contributed by atoms with E-state index in [2.05, 4.69) is 10.9 Å². The van der Waals surface area contributed by atoms with Crippen LogP contribution in [-0.4, -0.2) is 30.7 Å². The van der Waals surface area contributed by atoms with Crippen LogP contribution in [0.15, 0.2) is 0 Å². The molecule has 0 radical (unpaired) electrons. The minimum absolute atomic E-state index is 0.340. The van der Waals surface area contributed by atoms with Gasteiger partial charge in [0.2, 0.25) is 0 Å². The third-order valence-corrected chi connectivity index (χ3v) is 0.782. The summed E-state index contributed by atoms with van der Waals surface area (Å²) in [5.74, 6) is -0.417. The maximum atomic E-state index is 10.5. The largest absolute Gasteiger partial charge is 0.394 e. The van der Waals surface area contributed by atoms with Crippen LogP contribution < -0.4 is 16.6 Å². The second-order valence-electron chi connectivity index (χ2n) is 1.53. The van der Waals surface area contributed by atoms with Crippen molar-refractivity contribution in [3.8, 4) is 0 Å². The summed E-state index contributed by atoms with van der Waals surface area (Å²) >= 11 is 0. The predicted octanol–water partition coefficient (Wildman–Crippen LogP) is -2.44. The van der Waals surface area contributed by atoms with Crippen molar-refractivity contribution in [2.24, 2.45) is 5.73 Å². The summed E-state index contributed by atoms with van der Waals surface area (Å²) in [6, 6.07) is -0.836. The Morgan fingerprint density at radius 2 is 2.44 bits per heavy atom. The van der Waals surface area contributed by atoms with Gasteiger partial charge < -0.3 is 10.8 Å². The molecule has 9 heavy (non-hydrogen) atoms. The number of hydrazine groups is 1. The first-order chi connectivity index (χ1) is 4.22. The van der Waals surface area contributed by atoms with E-state index >= 15 is 0 Å². The van der Waals surface area contributed by atoms with Crippen LogP contribution in [0.4, 0.5) is 0 Å². The zero-order valence-electron chi connectivity index (χ0n) is 5.22. The zero-order valence-corrected chi connectivity index (χ0v) is 5.22. The minimum atomic E-state index is -0.836. The molecule has 5 heteroatoms. The Morgan fingerprint density at radius 1 is 1.89 bits per heavy atom. The SMILES string of the molecule is CNNC(=O)[C@@H](N)CO. The number of carbonyl (C=O) groups excluding carboxylic acids is 1. The highest BCUT2D eigenvalue weighted by atomic mass is 16.3. The maximum absolute atomic E-state index is 10.5. The molecule has 5 N–H and O–H groups in total. The quantitative estimate of drug-likeness (QED) is 0.322. The van der Waals surface area contributed by atoms with Gasteiger partial charge >= 0.3 is 0 Å². The smallest absolute Gasteiger partial charge is 0.253 e. The molecule has 1 amide bonds. The van der Waals surface area contributed by atoms with E-state index in [1.165, 1.54) is 0 Å². The van der Waals surface area contributed by atoms with Gasteiger partial charge in [0.25, 0.3) is 5.91 Å². The van der Waals surface area contributed by atoms with Crippen molar-refractivity contribution in [1.29, 1.82) is 0 Å². The van der Waals surface area contributed by atoms with Crippen LogP contribution in [0.25, 0.3) is 0 Å². The van der Waals surface area contributed by atoms with Crippen LogP contribution in [0, 0.1) is 0 Å². The Bertz CT molecular complexity index is 95.8. The van der Waals surface area contributed by atoms with Gasteiger partial charge in [-0.2, -0.15) is 0 Å². The van der Waals surface area contributed by atoms with Crippen LogP contribution in [0.2, 0.25) is 0 Å². The second kappa shape index (κ2) is 4.25. The molecule has 0 aliphatic carbocycles. The molecule has 0 bridgehead atoms. The molecule has 0 saturated heterocycles. The molecule has 1 atom stereocenters. The second-order valence-corrected chi connectivity index (χ2v) is 1.53.